The first-order chi connectivity index (χ1) is 13.5. The minimum absolute atomic E-state index is 0.0234. The van der Waals surface area contributed by atoms with Crippen LogP contribution in [0.1, 0.15) is 30.6 Å². The number of carbonyl (C=O) groups is 1. The minimum Gasteiger partial charge on any atom is -0.497 e. The summed E-state index contributed by atoms with van der Waals surface area (Å²) in [5, 5.41) is 3.03. The van der Waals surface area contributed by atoms with Gasteiger partial charge in [0.25, 0.3) is 5.91 Å². The molecule has 1 aromatic rings. The van der Waals surface area contributed by atoms with Crippen molar-refractivity contribution < 1.29 is 14.3 Å². The monoisotopic (exact) mass is 387 g/mol. The maximum atomic E-state index is 12.3. The van der Waals surface area contributed by atoms with Crippen molar-refractivity contribution in [3.05, 3.63) is 29.8 Å². The number of ether oxygens (including phenoxy) is 2. The van der Waals surface area contributed by atoms with Gasteiger partial charge in [0.1, 0.15) is 5.75 Å². The molecule has 1 aromatic carbocycles. The number of methoxy groups -OCH3 is 1. The smallest absolute Gasteiger partial charge is 0.251 e. The van der Waals surface area contributed by atoms with Gasteiger partial charge in [-0.3, -0.25) is 14.6 Å². The lowest BCUT2D eigenvalue weighted by Gasteiger charge is -2.60. The van der Waals surface area contributed by atoms with Gasteiger partial charge in [0, 0.05) is 68.8 Å². The van der Waals surface area contributed by atoms with Crippen molar-refractivity contribution >= 4 is 5.91 Å². The summed E-state index contributed by atoms with van der Waals surface area (Å²) >= 11 is 0. The highest BCUT2D eigenvalue weighted by molar-refractivity contribution is 5.94. The Hall–Kier alpha value is -1.63. The highest BCUT2D eigenvalue weighted by atomic mass is 16.5. The van der Waals surface area contributed by atoms with Gasteiger partial charge < -0.3 is 14.8 Å². The first-order valence-electron chi connectivity index (χ1n) is 10.5. The highest BCUT2D eigenvalue weighted by Crippen LogP contribution is 2.54. The molecule has 6 nitrogen and oxygen atoms in total. The minimum atomic E-state index is -0.0234. The average Bonchev–Trinajstić information content (AvgIpc) is 3.15. The second-order valence-corrected chi connectivity index (χ2v) is 8.87. The van der Waals surface area contributed by atoms with Crippen molar-refractivity contribution in [3.63, 3.8) is 0 Å². The van der Waals surface area contributed by atoms with Crippen LogP contribution in [0.4, 0.5) is 0 Å². The fourth-order valence-corrected chi connectivity index (χ4v) is 5.48. The summed E-state index contributed by atoms with van der Waals surface area (Å²) in [6.07, 6.45) is 1.68. The molecule has 1 N–H and O–H groups in total. The molecular formula is C22H33N3O3. The number of piperazine rings is 1. The lowest BCUT2D eigenvalue weighted by molar-refractivity contribution is -0.161. The Kier molecular flexibility index (Phi) is 5.63. The molecule has 1 aliphatic carbocycles. The fraction of sp³-hybridized carbons (Fsp3) is 0.682. The summed E-state index contributed by atoms with van der Waals surface area (Å²) in [5.74, 6) is 1.47. The normalized spacial score (nSPS) is 29.8. The van der Waals surface area contributed by atoms with Gasteiger partial charge in [0.05, 0.1) is 13.2 Å². The van der Waals surface area contributed by atoms with Crippen LogP contribution in [0, 0.1) is 11.3 Å². The molecule has 3 fully saturated rings. The molecule has 28 heavy (non-hydrogen) atoms. The van der Waals surface area contributed by atoms with Crippen LogP contribution >= 0.6 is 0 Å². The molecule has 2 heterocycles. The molecule has 3 atom stereocenters. The molecule has 0 unspecified atom stereocenters. The van der Waals surface area contributed by atoms with E-state index in [0.29, 0.717) is 24.3 Å². The number of nitrogens with one attached hydrogen (secondary N) is 1. The molecule has 6 heteroatoms. The van der Waals surface area contributed by atoms with E-state index in [0.717, 1.165) is 51.0 Å². The summed E-state index contributed by atoms with van der Waals surface area (Å²) in [7, 11) is 1.63. The Morgan fingerprint density at radius 1 is 1.21 bits per heavy atom. The maximum absolute atomic E-state index is 12.3. The molecule has 0 aromatic heterocycles. The second-order valence-electron chi connectivity index (χ2n) is 8.87. The van der Waals surface area contributed by atoms with Gasteiger partial charge >= 0.3 is 0 Å². The van der Waals surface area contributed by atoms with Crippen LogP contribution in [0.5, 0.6) is 5.75 Å². The molecule has 1 saturated carbocycles. The molecule has 2 aliphatic heterocycles. The van der Waals surface area contributed by atoms with E-state index in [-0.39, 0.29) is 11.3 Å². The zero-order valence-electron chi connectivity index (χ0n) is 17.3. The highest BCUT2D eigenvalue weighted by Gasteiger charge is 2.61. The Morgan fingerprint density at radius 2 is 1.93 bits per heavy atom. The van der Waals surface area contributed by atoms with Crippen molar-refractivity contribution in [1.29, 1.82) is 0 Å². The Bertz CT molecular complexity index is 683. The van der Waals surface area contributed by atoms with Crippen LogP contribution in [0.25, 0.3) is 0 Å². The standard InChI is InChI=1S/C22H33N3O3/c1-22(2)19(18-8-15-28-20(18)22)25-13-11-24(12-14-25)10-9-23-21(26)16-4-6-17(27-3)7-5-16/h4-7,18-20H,8-15H2,1-3H3,(H,23,26)/t18-,19+,20+/m0/s1. The van der Waals surface area contributed by atoms with E-state index in [1.54, 1.807) is 19.2 Å². The van der Waals surface area contributed by atoms with Gasteiger partial charge in [-0.2, -0.15) is 0 Å². The summed E-state index contributed by atoms with van der Waals surface area (Å²) in [6, 6.07) is 7.89. The predicted molar refractivity (Wildman–Crippen MR) is 109 cm³/mol. The second kappa shape index (κ2) is 8.01. The van der Waals surface area contributed by atoms with Crippen molar-refractivity contribution in [2.75, 3.05) is 53.0 Å². The van der Waals surface area contributed by atoms with E-state index < -0.39 is 0 Å². The number of carbonyl (C=O) groups excluding carboxylic acids is 1. The molecule has 0 bridgehead atoms. The first-order valence-corrected chi connectivity index (χ1v) is 10.5. The van der Waals surface area contributed by atoms with Gasteiger partial charge in [-0.25, -0.2) is 0 Å². The van der Waals surface area contributed by atoms with Crippen molar-refractivity contribution in [2.45, 2.75) is 32.4 Å². The van der Waals surface area contributed by atoms with Crippen LogP contribution < -0.4 is 10.1 Å². The van der Waals surface area contributed by atoms with Crippen LogP contribution in [0.15, 0.2) is 24.3 Å². The van der Waals surface area contributed by atoms with Crippen LogP contribution in [-0.2, 0) is 4.74 Å². The Morgan fingerprint density at radius 3 is 2.61 bits per heavy atom. The molecule has 0 spiro atoms. The summed E-state index contributed by atoms with van der Waals surface area (Å²) in [5.41, 5.74) is 0.946. The molecule has 2 saturated heterocycles. The fourth-order valence-electron chi connectivity index (χ4n) is 5.48. The Balaban J connectivity index is 1.19. The van der Waals surface area contributed by atoms with Crippen LogP contribution in [-0.4, -0.2) is 80.8 Å². The summed E-state index contributed by atoms with van der Waals surface area (Å²) < 4.78 is 11.1. The number of nitrogens with zero attached hydrogens (tertiary/aromatic N) is 2. The summed E-state index contributed by atoms with van der Waals surface area (Å²) in [4.78, 5) is 17.4. The van der Waals surface area contributed by atoms with Crippen molar-refractivity contribution in [3.8, 4) is 5.75 Å². The third-order valence-electron chi connectivity index (χ3n) is 6.90. The lowest BCUT2D eigenvalue weighted by atomic mass is 9.56. The first kappa shape index (κ1) is 19.7. The SMILES string of the molecule is COc1ccc(C(=O)NCCN2CCN([C@@H]3[C@@H]4CCO[C@H]4C3(C)C)CC2)cc1. The number of benzene rings is 1. The van der Waals surface area contributed by atoms with E-state index in [9.17, 15) is 4.79 Å². The molecule has 0 radical (unpaired) electrons. The van der Waals surface area contributed by atoms with E-state index in [2.05, 4.69) is 29.0 Å². The number of hydrogen-bond acceptors (Lipinski definition) is 5. The lowest BCUT2D eigenvalue weighted by Crippen LogP contribution is -2.69. The van der Waals surface area contributed by atoms with E-state index in [1.807, 2.05) is 12.1 Å². The topological polar surface area (TPSA) is 54.0 Å². The van der Waals surface area contributed by atoms with Crippen LogP contribution in [0.2, 0.25) is 0 Å². The maximum Gasteiger partial charge on any atom is 0.251 e. The number of amides is 1. The molecule has 154 valence electrons. The van der Waals surface area contributed by atoms with Crippen molar-refractivity contribution in [1.82, 2.24) is 15.1 Å². The third kappa shape index (κ3) is 3.65. The molecule has 1 amide bonds. The number of rotatable bonds is 6. The van der Waals surface area contributed by atoms with E-state index in [1.165, 1.54) is 6.42 Å². The number of fused-ring (bicyclic) bond motifs is 1. The van der Waals surface area contributed by atoms with Gasteiger partial charge in [0.15, 0.2) is 0 Å². The molecule has 3 aliphatic rings. The zero-order chi connectivity index (χ0) is 19.7. The predicted octanol–water partition coefficient (Wildman–Crippen LogP) is 1.86. The van der Waals surface area contributed by atoms with Crippen molar-refractivity contribution in [2.24, 2.45) is 11.3 Å². The van der Waals surface area contributed by atoms with Gasteiger partial charge in [0.2, 0.25) is 0 Å². The summed E-state index contributed by atoms with van der Waals surface area (Å²) in [6.45, 7) is 11.6. The largest absolute Gasteiger partial charge is 0.497 e. The van der Waals surface area contributed by atoms with E-state index >= 15 is 0 Å². The average molecular weight is 388 g/mol. The Labute approximate surface area is 168 Å². The third-order valence-corrected chi connectivity index (χ3v) is 6.90. The zero-order valence-corrected chi connectivity index (χ0v) is 17.3. The van der Waals surface area contributed by atoms with E-state index in [4.69, 9.17) is 9.47 Å². The van der Waals surface area contributed by atoms with Gasteiger partial charge in [-0.05, 0) is 30.7 Å². The quantitative estimate of drug-likeness (QED) is 0.808. The van der Waals surface area contributed by atoms with Gasteiger partial charge in [-0.1, -0.05) is 13.8 Å². The van der Waals surface area contributed by atoms with Crippen LogP contribution in [0.3, 0.4) is 0 Å². The molecule has 4 rings (SSSR count). The molecular weight excluding hydrogens is 354 g/mol. The van der Waals surface area contributed by atoms with Gasteiger partial charge in [-0.15, -0.1) is 0 Å². The number of hydrogen-bond donors (Lipinski definition) is 1.